The fourth-order valence-electron chi connectivity index (χ4n) is 2.57. The standard InChI is InChI=1S/C13H18O2/c1-12(2)8-13(12,9-14)10-6-4-5-7-11(10)15-3/h4-7,14H,8-9H2,1-3H3. The second-order valence-electron chi connectivity index (χ2n) is 5.00. The number of hydrogen-bond donors (Lipinski definition) is 1. The van der Waals surface area contributed by atoms with E-state index >= 15 is 0 Å². The number of ether oxygens (including phenoxy) is 1. The average molecular weight is 206 g/mol. The third kappa shape index (κ3) is 1.36. The first-order valence-electron chi connectivity index (χ1n) is 5.32. The summed E-state index contributed by atoms with van der Waals surface area (Å²) in [5.41, 5.74) is 1.22. The molecule has 1 fully saturated rings. The number of benzene rings is 1. The summed E-state index contributed by atoms with van der Waals surface area (Å²) in [6, 6.07) is 7.98. The van der Waals surface area contributed by atoms with Crippen molar-refractivity contribution in [2.45, 2.75) is 25.7 Å². The molecule has 1 unspecified atom stereocenters. The fourth-order valence-corrected chi connectivity index (χ4v) is 2.57. The maximum absolute atomic E-state index is 9.61. The Labute approximate surface area is 90.9 Å². The van der Waals surface area contributed by atoms with Crippen LogP contribution in [0.15, 0.2) is 24.3 Å². The van der Waals surface area contributed by atoms with E-state index < -0.39 is 0 Å². The van der Waals surface area contributed by atoms with Gasteiger partial charge in [-0.2, -0.15) is 0 Å². The Hall–Kier alpha value is -1.02. The largest absolute Gasteiger partial charge is 0.496 e. The summed E-state index contributed by atoms with van der Waals surface area (Å²) >= 11 is 0. The normalized spacial score (nSPS) is 27.5. The maximum atomic E-state index is 9.61. The number of aliphatic hydroxyl groups is 1. The quantitative estimate of drug-likeness (QED) is 0.822. The Bertz CT molecular complexity index is 371. The second-order valence-corrected chi connectivity index (χ2v) is 5.00. The zero-order valence-electron chi connectivity index (χ0n) is 9.58. The number of aliphatic hydroxyl groups excluding tert-OH is 1. The van der Waals surface area contributed by atoms with Crippen LogP contribution in [-0.4, -0.2) is 18.8 Å². The molecule has 1 N–H and O–H groups in total. The van der Waals surface area contributed by atoms with Crippen LogP contribution in [0.2, 0.25) is 0 Å². The molecular formula is C13H18O2. The van der Waals surface area contributed by atoms with Gasteiger partial charge < -0.3 is 9.84 Å². The Morgan fingerprint density at radius 3 is 2.40 bits per heavy atom. The van der Waals surface area contributed by atoms with E-state index in [1.807, 2.05) is 18.2 Å². The number of rotatable bonds is 3. The molecule has 1 atom stereocenters. The van der Waals surface area contributed by atoms with Crippen LogP contribution in [0, 0.1) is 5.41 Å². The molecule has 0 saturated heterocycles. The van der Waals surface area contributed by atoms with E-state index in [4.69, 9.17) is 4.74 Å². The average Bonchev–Trinajstić information content (AvgIpc) is 2.82. The highest BCUT2D eigenvalue weighted by Crippen LogP contribution is 2.65. The van der Waals surface area contributed by atoms with Crippen LogP contribution in [0.4, 0.5) is 0 Å². The van der Waals surface area contributed by atoms with Gasteiger partial charge in [-0.1, -0.05) is 32.0 Å². The van der Waals surface area contributed by atoms with Crippen molar-refractivity contribution >= 4 is 0 Å². The highest BCUT2D eigenvalue weighted by atomic mass is 16.5. The smallest absolute Gasteiger partial charge is 0.122 e. The van der Waals surface area contributed by atoms with E-state index in [-0.39, 0.29) is 17.4 Å². The Morgan fingerprint density at radius 1 is 1.33 bits per heavy atom. The molecule has 1 saturated carbocycles. The molecule has 2 nitrogen and oxygen atoms in total. The molecule has 0 amide bonds. The summed E-state index contributed by atoms with van der Waals surface area (Å²) in [7, 11) is 1.68. The van der Waals surface area contributed by atoms with Gasteiger partial charge in [0.2, 0.25) is 0 Å². The molecule has 0 aromatic heterocycles. The van der Waals surface area contributed by atoms with Gasteiger partial charge in [0, 0.05) is 11.0 Å². The summed E-state index contributed by atoms with van der Waals surface area (Å²) < 4.78 is 5.36. The third-order valence-corrected chi connectivity index (χ3v) is 3.81. The minimum atomic E-state index is -0.0976. The van der Waals surface area contributed by atoms with Gasteiger partial charge in [-0.15, -0.1) is 0 Å². The van der Waals surface area contributed by atoms with E-state index in [1.54, 1.807) is 7.11 Å². The molecule has 15 heavy (non-hydrogen) atoms. The molecule has 1 aliphatic carbocycles. The maximum Gasteiger partial charge on any atom is 0.122 e. The Morgan fingerprint density at radius 2 is 1.93 bits per heavy atom. The van der Waals surface area contributed by atoms with E-state index in [0.29, 0.717) is 0 Å². The molecule has 2 heteroatoms. The summed E-state index contributed by atoms with van der Waals surface area (Å²) in [6.07, 6.45) is 1.02. The predicted molar refractivity (Wildman–Crippen MR) is 60.2 cm³/mol. The summed E-state index contributed by atoms with van der Waals surface area (Å²) in [5.74, 6) is 0.886. The van der Waals surface area contributed by atoms with E-state index in [2.05, 4.69) is 19.9 Å². The van der Waals surface area contributed by atoms with Crippen molar-refractivity contribution in [3.05, 3.63) is 29.8 Å². The first kappa shape index (κ1) is 10.5. The second kappa shape index (κ2) is 3.24. The van der Waals surface area contributed by atoms with Crippen molar-refractivity contribution in [2.24, 2.45) is 5.41 Å². The summed E-state index contributed by atoms with van der Waals surface area (Å²) in [5, 5.41) is 9.61. The predicted octanol–water partition coefficient (Wildman–Crippen LogP) is 2.36. The van der Waals surface area contributed by atoms with Gasteiger partial charge in [0.1, 0.15) is 5.75 Å². The molecule has 1 aromatic rings. The van der Waals surface area contributed by atoms with Crippen molar-refractivity contribution in [3.63, 3.8) is 0 Å². The van der Waals surface area contributed by atoms with Gasteiger partial charge in [0.05, 0.1) is 13.7 Å². The minimum absolute atomic E-state index is 0.0976. The van der Waals surface area contributed by atoms with Gasteiger partial charge in [0.15, 0.2) is 0 Å². The molecular weight excluding hydrogens is 188 g/mol. The molecule has 82 valence electrons. The van der Waals surface area contributed by atoms with Crippen LogP contribution in [0.3, 0.4) is 0 Å². The third-order valence-electron chi connectivity index (χ3n) is 3.81. The monoisotopic (exact) mass is 206 g/mol. The molecule has 0 radical (unpaired) electrons. The van der Waals surface area contributed by atoms with Crippen LogP contribution >= 0.6 is 0 Å². The lowest BCUT2D eigenvalue weighted by molar-refractivity contribution is 0.228. The Kier molecular flexibility index (Phi) is 2.27. The highest BCUT2D eigenvalue weighted by Gasteiger charge is 2.62. The molecule has 1 aliphatic rings. The Balaban J connectivity index is 2.46. The van der Waals surface area contributed by atoms with E-state index in [1.165, 1.54) is 0 Å². The van der Waals surface area contributed by atoms with Crippen molar-refractivity contribution in [2.75, 3.05) is 13.7 Å². The topological polar surface area (TPSA) is 29.5 Å². The highest BCUT2D eigenvalue weighted by molar-refractivity contribution is 5.46. The zero-order chi connectivity index (χ0) is 11.1. The summed E-state index contributed by atoms with van der Waals surface area (Å²) in [4.78, 5) is 0. The van der Waals surface area contributed by atoms with Gasteiger partial charge in [-0.05, 0) is 17.9 Å². The van der Waals surface area contributed by atoms with Crippen LogP contribution < -0.4 is 4.74 Å². The van der Waals surface area contributed by atoms with Gasteiger partial charge in [0.25, 0.3) is 0 Å². The fraction of sp³-hybridized carbons (Fsp3) is 0.538. The van der Waals surface area contributed by atoms with Crippen molar-refractivity contribution < 1.29 is 9.84 Å². The molecule has 0 heterocycles. The number of methoxy groups -OCH3 is 1. The molecule has 1 aromatic carbocycles. The lowest BCUT2D eigenvalue weighted by Gasteiger charge is -2.20. The SMILES string of the molecule is COc1ccccc1C1(CO)CC1(C)C. The first-order chi connectivity index (χ1) is 7.07. The van der Waals surface area contributed by atoms with Crippen LogP contribution in [-0.2, 0) is 5.41 Å². The molecule has 0 aliphatic heterocycles. The zero-order valence-corrected chi connectivity index (χ0v) is 9.58. The lowest BCUT2D eigenvalue weighted by atomic mass is 9.88. The van der Waals surface area contributed by atoms with Crippen molar-refractivity contribution in [1.82, 2.24) is 0 Å². The van der Waals surface area contributed by atoms with Crippen LogP contribution in [0.5, 0.6) is 5.75 Å². The number of para-hydroxylation sites is 1. The molecule has 2 rings (SSSR count). The molecule has 0 bridgehead atoms. The van der Waals surface area contributed by atoms with Gasteiger partial charge in [-0.3, -0.25) is 0 Å². The minimum Gasteiger partial charge on any atom is -0.496 e. The lowest BCUT2D eigenvalue weighted by Crippen LogP contribution is -2.20. The van der Waals surface area contributed by atoms with Gasteiger partial charge >= 0.3 is 0 Å². The van der Waals surface area contributed by atoms with Crippen molar-refractivity contribution in [3.8, 4) is 5.75 Å². The number of hydrogen-bond acceptors (Lipinski definition) is 2. The van der Waals surface area contributed by atoms with Crippen LogP contribution in [0.25, 0.3) is 0 Å². The van der Waals surface area contributed by atoms with Crippen LogP contribution in [0.1, 0.15) is 25.8 Å². The van der Waals surface area contributed by atoms with E-state index in [9.17, 15) is 5.11 Å². The molecule has 0 spiro atoms. The van der Waals surface area contributed by atoms with Gasteiger partial charge in [-0.25, -0.2) is 0 Å². The summed E-state index contributed by atoms with van der Waals surface area (Å²) in [6.45, 7) is 4.58. The first-order valence-corrected chi connectivity index (χ1v) is 5.32. The van der Waals surface area contributed by atoms with E-state index in [0.717, 1.165) is 17.7 Å². The van der Waals surface area contributed by atoms with Crippen molar-refractivity contribution in [1.29, 1.82) is 0 Å².